The minimum atomic E-state index is -0.178. The van der Waals surface area contributed by atoms with E-state index >= 15 is 0 Å². The second-order valence-corrected chi connectivity index (χ2v) is 11.6. The van der Waals surface area contributed by atoms with Gasteiger partial charge in [-0.3, -0.25) is 9.59 Å². The van der Waals surface area contributed by atoms with Crippen molar-refractivity contribution in [3.8, 4) is 5.75 Å². The van der Waals surface area contributed by atoms with Gasteiger partial charge in [-0.05, 0) is 73.3 Å². The van der Waals surface area contributed by atoms with E-state index in [9.17, 15) is 9.59 Å². The van der Waals surface area contributed by atoms with Crippen LogP contribution < -0.4 is 14.9 Å². The molecule has 3 aromatic rings. The fraction of sp³-hybridized carbons (Fsp3) is 0.385. The van der Waals surface area contributed by atoms with Crippen molar-refractivity contribution in [3.05, 3.63) is 74.2 Å². The van der Waals surface area contributed by atoms with Gasteiger partial charge >= 0.3 is 4.87 Å². The summed E-state index contributed by atoms with van der Waals surface area (Å²) in [7, 11) is 0. The number of carbonyl (C=O) groups is 1. The molecule has 2 fully saturated rings. The lowest BCUT2D eigenvalue weighted by molar-refractivity contribution is -0.118. The Hall–Kier alpha value is -2.51. The van der Waals surface area contributed by atoms with Crippen molar-refractivity contribution in [1.82, 2.24) is 4.98 Å². The molecular formula is C26H26N2O3S2. The van der Waals surface area contributed by atoms with E-state index in [2.05, 4.69) is 22.4 Å². The van der Waals surface area contributed by atoms with Crippen LogP contribution in [0.1, 0.15) is 41.2 Å². The number of aromatic amines is 1. The summed E-state index contributed by atoms with van der Waals surface area (Å²) in [5, 5.41) is 4.56. The van der Waals surface area contributed by atoms with E-state index in [4.69, 9.17) is 4.74 Å². The standard InChI is InChI=1S/C26H26N2O3S2/c1-14-5-2-3-8-19(14)27-20(29)13-31-18-7-4-6-15(12-18)22-21-16-9-10-17(11-16)23(21)32-25-24(22)33-26(30)28-25/h2-8,12,16-17,21-23H,9-11,13H2,1H3,(H,27,29)(H,28,30)/t16?,17?,21?,22-,23?/m1/s1. The lowest BCUT2D eigenvalue weighted by Gasteiger charge is -2.40. The van der Waals surface area contributed by atoms with Gasteiger partial charge in [0, 0.05) is 21.7 Å². The van der Waals surface area contributed by atoms with E-state index in [-0.39, 0.29) is 23.3 Å². The average Bonchev–Trinajstić information content (AvgIpc) is 3.52. The fourth-order valence-corrected chi connectivity index (χ4v) is 8.96. The number of thioether (sulfide) groups is 1. The SMILES string of the molecule is Cc1ccccc1NC(=O)COc1cccc([C@H]2c3sc(=O)[nH]c3SC3C4CCC(C4)C32)c1. The topological polar surface area (TPSA) is 71.2 Å². The summed E-state index contributed by atoms with van der Waals surface area (Å²) in [5.41, 5.74) is 3.01. The summed E-state index contributed by atoms with van der Waals surface area (Å²) in [6, 6.07) is 15.8. The highest BCUT2D eigenvalue weighted by Gasteiger charge is 2.54. The molecule has 2 aliphatic carbocycles. The van der Waals surface area contributed by atoms with Gasteiger partial charge in [-0.15, -0.1) is 11.8 Å². The third kappa shape index (κ3) is 3.81. The molecule has 2 N–H and O–H groups in total. The summed E-state index contributed by atoms with van der Waals surface area (Å²) in [5.74, 6) is 2.78. The number of aryl methyl sites for hydroxylation is 1. The van der Waals surface area contributed by atoms with Crippen LogP contribution >= 0.6 is 23.1 Å². The van der Waals surface area contributed by atoms with E-state index in [0.29, 0.717) is 16.9 Å². The van der Waals surface area contributed by atoms with Crippen LogP contribution in [0.5, 0.6) is 5.75 Å². The Bertz CT molecular complexity index is 1270. The zero-order valence-corrected chi connectivity index (χ0v) is 20.0. The Labute approximate surface area is 201 Å². The fourth-order valence-electron chi connectivity index (χ4n) is 6.07. The molecule has 6 rings (SSSR count). The number of hydrogen-bond donors (Lipinski definition) is 2. The van der Waals surface area contributed by atoms with E-state index in [0.717, 1.165) is 28.1 Å². The smallest absolute Gasteiger partial charge is 0.305 e. The van der Waals surface area contributed by atoms with Crippen molar-refractivity contribution in [1.29, 1.82) is 0 Å². The number of H-pyrrole nitrogens is 1. The summed E-state index contributed by atoms with van der Waals surface area (Å²) in [6.45, 7) is 1.92. The Morgan fingerprint density at radius 1 is 1.15 bits per heavy atom. The second kappa shape index (κ2) is 8.37. The van der Waals surface area contributed by atoms with E-state index < -0.39 is 0 Å². The molecule has 7 heteroatoms. The van der Waals surface area contributed by atoms with Crippen LogP contribution in [0, 0.1) is 24.7 Å². The highest BCUT2D eigenvalue weighted by Crippen LogP contribution is 2.63. The third-order valence-corrected chi connectivity index (χ3v) is 10.1. The van der Waals surface area contributed by atoms with Crippen LogP contribution in [0.4, 0.5) is 5.69 Å². The summed E-state index contributed by atoms with van der Waals surface area (Å²) < 4.78 is 5.89. The minimum Gasteiger partial charge on any atom is -0.484 e. The molecule has 2 bridgehead atoms. The number of rotatable bonds is 5. The van der Waals surface area contributed by atoms with Crippen molar-refractivity contribution < 1.29 is 9.53 Å². The first kappa shape index (κ1) is 21.1. The number of amides is 1. The molecule has 1 aliphatic heterocycles. The number of anilines is 1. The van der Waals surface area contributed by atoms with Gasteiger partial charge in [0.1, 0.15) is 5.75 Å². The van der Waals surface area contributed by atoms with Gasteiger partial charge in [0.15, 0.2) is 6.61 Å². The normalized spacial score (nSPS) is 27.1. The average molecular weight is 479 g/mol. The van der Waals surface area contributed by atoms with Crippen LogP contribution in [-0.2, 0) is 4.79 Å². The molecule has 0 radical (unpaired) electrons. The molecule has 5 nitrogen and oxygen atoms in total. The molecule has 170 valence electrons. The van der Waals surface area contributed by atoms with Gasteiger partial charge in [-0.25, -0.2) is 0 Å². The molecular weight excluding hydrogens is 452 g/mol. The predicted molar refractivity (Wildman–Crippen MR) is 132 cm³/mol. The lowest BCUT2D eigenvalue weighted by atomic mass is 9.75. The van der Waals surface area contributed by atoms with E-state index in [1.165, 1.54) is 41.0 Å². The number of ether oxygens (including phenoxy) is 1. The number of fused-ring (bicyclic) bond motifs is 6. The molecule has 2 heterocycles. The highest BCUT2D eigenvalue weighted by atomic mass is 32.2. The van der Waals surface area contributed by atoms with Gasteiger partial charge in [0.2, 0.25) is 0 Å². The Kier molecular flexibility index (Phi) is 5.34. The Balaban J connectivity index is 1.24. The highest BCUT2D eigenvalue weighted by molar-refractivity contribution is 8.00. The molecule has 1 aromatic heterocycles. The van der Waals surface area contributed by atoms with Crippen LogP contribution in [0.3, 0.4) is 0 Å². The van der Waals surface area contributed by atoms with E-state index in [1.807, 2.05) is 55.1 Å². The van der Waals surface area contributed by atoms with Gasteiger partial charge in [-0.2, -0.15) is 0 Å². The van der Waals surface area contributed by atoms with Crippen LogP contribution in [-0.4, -0.2) is 22.7 Å². The molecule has 1 amide bonds. The quantitative estimate of drug-likeness (QED) is 0.514. The zero-order chi connectivity index (χ0) is 22.5. The van der Waals surface area contributed by atoms with Gasteiger partial charge < -0.3 is 15.0 Å². The number of hydrogen-bond acceptors (Lipinski definition) is 5. The maximum Gasteiger partial charge on any atom is 0.305 e. The minimum absolute atomic E-state index is 0.0325. The first-order chi connectivity index (χ1) is 16.1. The van der Waals surface area contributed by atoms with Gasteiger partial charge in [0.25, 0.3) is 5.91 Å². The third-order valence-electron chi connectivity index (χ3n) is 7.47. The molecule has 5 atom stereocenters. The molecule has 2 aromatic carbocycles. The second-order valence-electron chi connectivity index (χ2n) is 9.40. The van der Waals surface area contributed by atoms with Crippen molar-refractivity contribution in [2.45, 2.75) is 42.4 Å². The summed E-state index contributed by atoms with van der Waals surface area (Å²) in [6.07, 6.45) is 3.93. The van der Waals surface area contributed by atoms with E-state index in [1.54, 1.807) is 0 Å². The number of carbonyl (C=O) groups excluding carboxylic acids is 1. The van der Waals surface area contributed by atoms with Gasteiger partial charge in [0.05, 0.1) is 5.03 Å². The Morgan fingerprint density at radius 3 is 2.88 bits per heavy atom. The molecule has 3 aliphatic rings. The first-order valence-corrected chi connectivity index (χ1v) is 13.2. The van der Waals surface area contributed by atoms with Crippen LogP contribution in [0.2, 0.25) is 0 Å². The number of para-hydroxylation sites is 1. The number of thiazole rings is 1. The predicted octanol–water partition coefficient (Wildman–Crippen LogP) is 5.41. The molecule has 4 unspecified atom stereocenters. The van der Waals surface area contributed by atoms with Crippen LogP contribution in [0.15, 0.2) is 58.4 Å². The zero-order valence-electron chi connectivity index (χ0n) is 18.4. The summed E-state index contributed by atoms with van der Waals surface area (Å²) >= 11 is 3.26. The van der Waals surface area contributed by atoms with Crippen molar-refractivity contribution in [2.24, 2.45) is 17.8 Å². The first-order valence-electron chi connectivity index (χ1n) is 11.5. The largest absolute Gasteiger partial charge is 0.484 e. The van der Waals surface area contributed by atoms with Crippen molar-refractivity contribution >= 4 is 34.7 Å². The lowest BCUT2D eigenvalue weighted by Crippen LogP contribution is -2.33. The summed E-state index contributed by atoms with van der Waals surface area (Å²) in [4.78, 5) is 29.0. The number of nitrogens with one attached hydrogen (secondary N) is 2. The van der Waals surface area contributed by atoms with Crippen molar-refractivity contribution in [3.63, 3.8) is 0 Å². The van der Waals surface area contributed by atoms with Crippen LogP contribution in [0.25, 0.3) is 0 Å². The molecule has 33 heavy (non-hydrogen) atoms. The monoisotopic (exact) mass is 478 g/mol. The molecule has 2 saturated carbocycles. The number of benzene rings is 2. The van der Waals surface area contributed by atoms with Gasteiger partial charge in [-0.1, -0.05) is 41.7 Å². The molecule has 0 spiro atoms. The maximum atomic E-state index is 12.5. The number of aromatic nitrogens is 1. The Morgan fingerprint density at radius 2 is 2.00 bits per heavy atom. The molecule has 0 saturated heterocycles. The van der Waals surface area contributed by atoms with Crippen molar-refractivity contribution in [2.75, 3.05) is 11.9 Å². The maximum absolute atomic E-state index is 12.5.